The van der Waals surface area contributed by atoms with Crippen molar-refractivity contribution < 1.29 is 19.1 Å². The van der Waals surface area contributed by atoms with Crippen molar-refractivity contribution >= 4 is 28.5 Å². The van der Waals surface area contributed by atoms with Crippen molar-refractivity contribution in [2.75, 3.05) is 18.5 Å². The van der Waals surface area contributed by atoms with Crippen LogP contribution in [0.25, 0.3) is 0 Å². The Balaban J connectivity index is 2.42. The Morgan fingerprint density at radius 1 is 1.42 bits per heavy atom. The van der Waals surface area contributed by atoms with E-state index < -0.39 is 6.09 Å². The fourth-order valence-electron chi connectivity index (χ4n) is 1.17. The highest BCUT2D eigenvalue weighted by Crippen LogP contribution is 2.16. The van der Waals surface area contributed by atoms with Crippen LogP contribution in [-0.2, 0) is 20.7 Å². The summed E-state index contributed by atoms with van der Waals surface area (Å²) in [6.07, 6.45) is -0.432. The maximum Gasteiger partial charge on any atom is 0.413 e. The van der Waals surface area contributed by atoms with Crippen molar-refractivity contribution in [3.8, 4) is 0 Å². The molecule has 0 aliphatic heterocycles. The van der Waals surface area contributed by atoms with Gasteiger partial charge in [-0.15, -0.1) is 11.3 Å². The largest absolute Gasteiger partial charge is 0.466 e. The van der Waals surface area contributed by atoms with Crippen LogP contribution in [0.2, 0.25) is 0 Å². The molecule has 19 heavy (non-hydrogen) atoms. The lowest BCUT2D eigenvalue weighted by Crippen LogP contribution is -2.16. The molecular formula is C12H18N2O4S. The number of rotatable bonds is 6. The van der Waals surface area contributed by atoms with Crippen LogP contribution in [0.3, 0.4) is 0 Å². The molecule has 0 bridgehead atoms. The third kappa shape index (κ3) is 6.19. The Kier molecular flexibility index (Phi) is 6.27. The van der Waals surface area contributed by atoms with E-state index in [0.29, 0.717) is 24.0 Å². The van der Waals surface area contributed by atoms with Gasteiger partial charge in [0.2, 0.25) is 0 Å². The van der Waals surface area contributed by atoms with E-state index in [0.717, 1.165) is 0 Å². The Bertz CT molecular complexity index is 431. The summed E-state index contributed by atoms with van der Waals surface area (Å²) in [5.74, 6) is -0.0526. The maximum atomic E-state index is 11.4. The van der Waals surface area contributed by atoms with E-state index in [4.69, 9.17) is 9.47 Å². The third-order valence-corrected chi connectivity index (χ3v) is 2.75. The summed E-state index contributed by atoms with van der Waals surface area (Å²) in [5, 5.41) is 4.63. The van der Waals surface area contributed by atoms with Gasteiger partial charge < -0.3 is 9.47 Å². The topological polar surface area (TPSA) is 77.5 Å². The van der Waals surface area contributed by atoms with Crippen LogP contribution >= 0.6 is 11.3 Å². The van der Waals surface area contributed by atoms with Crippen molar-refractivity contribution in [3.63, 3.8) is 0 Å². The molecule has 7 heteroatoms. The second-order valence-corrected chi connectivity index (χ2v) is 5.10. The summed E-state index contributed by atoms with van der Waals surface area (Å²) in [4.78, 5) is 26.7. The number of anilines is 1. The number of carbonyl (C=O) groups is 2. The number of ether oxygens (including phenoxy) is 2. The molecule has 0 spiro atoms. The van der Waals surface area contributed by atoms with Gasteiger partial charge in [0.15, 0.2) is 5.13 Å². The number of amides is 1. The van der Waals surface area contributed by atoms with Crippen LogP contribution in [0, 0.1) is 5.92 Å². The molecule has 1 N–H and O–H groups in total. The van der Waals surface area contributed by atoms with Gasteiger partial charge in [-0.1, -0.05) is 13.8 Å². The van der Waals surface area contributed by atoms with Gasteiger partial charge in [0.05, 0.1) is 25.3 Å². The number of esters is 1. The van der Waals surface area contributed by atoms with E-state index in [1.165, 1.54) is 11.3 Å². The molecule has 0 saturated heterocycles. The molecule has 106 valence electrons. The summed E-state index contributed by atoms with van der Waals surface area (Å²) in [6.45, 7) is 6.35. The molecule has 1 rings (SSSR count). The van der Waals surface area contributed by atoms with E-state index >= 15 is 0 Å². The first-order chi connectivity index (χ1) is 9.01. The zero-order valence-electron chi connectivity index (χ0n) is 11.3. The van der Waals surface area contributed by atoms with Gasteiger partial charge in [-0.05, 0) is 12.8 Å². The van der Waals surface area contributed by atoms with Crippen LogP contribution in [0.1, 0.15) is 26.5 Å². The Hall–Kier alpha value is -1.63. The Labute approximate surface area is 116 Å². The fraction of sp³-hybridized carbons (Fsp3) is 0.583. The minimum atomic E-state index is -0.536. The molecule has 1 heterocycles. The van der Waals surface area contributed by atoms with E-state index in [1.54, 1.807) is 12.3 Å². The summed E-state index contributed by atoms with van der Waals surface area (Å²) >= 11 is 1.24. The molecular weight excluding hydrogens is 268 g/mol. The van der Waals surface area contributed by atoms with Crippen molar-refractivity contribution in [1.82, 2.24) is 4.98 Å². The fourth-order valence-corrected chi connectivity index (χ4v) is 1.87. The number of hydrogen-bond donors (Lipinski definition) is 1. The average molecular weight is 286 g/mol. The highest BCUT2D eigenvalue weighted by atomic mass is 32.1. The van der Waals surface area contributed by atoms with Crippen molar-refractivity contribution in [2.45, 2.75) is 27.2 Å². The van der Waals surface area contributed by atoms with Gasteiger partial charge in [-0.25, -0.2) is 9.78 Å². The van der Waals surface area contributed by atoms with E-state index in [-0.39, 0.29) is 18.3 Å². The maximum absolute atomic E-state index is 11.4. The molecule has 0 fully saturated rings. The summed E-state index contributed by atoms with van der Waals surface area (Å²) < 4.78 is 9.78. The van der Waals surface area contributed by atoms with Crippen LogP contribution < -0.4 is 5.32 Å². The molecule has 0 unspecified atom stereocenters. The van der Waals surface area contributed by atoms with E-state index in [1.807, 2.05) is 13.8 Å². The zero-order valence-corrected chi connectivity index (χ0v) is 12.1. The first kappa shape index (κ1) is 15.4. The summed E-state index contributed by atoms with van der Waals surface area (Å²) in [7, 11) is 0. The van der Waals surface area contributed by atoms with Gasteiger partial charge in [0.1, 0.15) is 0 Å². The smallest absolute Gasteiger partial charge is 0.413 e. The first-order valence-corrected chi connectivity index (χ1v) is 6.93. The average Bonchev–Trinajstić information content (AvgIpc) is 2.74. The van der Waals surface area contributed by atoms with Crippen molar-refractivity contribution in [3.05, 3.63) is 11.1 Å². The zero-order chi connectivity index (χ0) is 14.3. The van der Waals surface area contributed by atoms with Crippen molar-refractivity contribution in [1.29, 1.82) is 0 Å². The number of thiazole rings is 1. The summed E-state index contributed by atoms with van der Waals surface area (Å²) in [6, 6.07) is 0. The normalized spacial score (nSPS) is 10.3. The van der Waals surface area contributed by atoms with Gasteiger partial charge in [0, 0.05) is 5.38 Å². The molecule has 6 nitrogen and oxygen atoms in total. The molecule has 0 aliphatic rings. The molecule has 0 saturated carbocycles. The molecule has 1 aromatic rings. The Morgan fingerprint density at radius 2 is 2.16 bits per heavy atom. The number of nitrogens with one attached hydrogen (secondary N) is 1. The van der Waals surface area contributed by atoms with Gasteiger partial charge in [-0.2, -0.15) is 0 Å². The van der Waals surface area contributed by atoms with Gasteiger partial charge in [0.25, 0.3) is 0 Å². The highest BCUT2D eigenvalue weighted by molar-refractivity contribution is 7.13. The molecule has 0 atom stereocenters. The number of carbonyl (C=O) groups excluding carboxylic acids is 2. The molecule has 1 aromatic heterocycles. The minimum absolute atomic E-state index is 0.104. The lowest BCUT2D eigenvalue weighted by molar-refractivity contribution is -0.142. The number of aromatic nitrogens is 1. The van der Waals surface area contributed by atoms with Crippen LogP contribution in [-0.4, -0.2) is 30.3 Å². The predicted octanol–water partition coefficient (Wildman–Crippen LogP) is 2.45. The first-order valence-electron chi connectivity index (χ1n) is 6.05. The second-order valence-electron chi connectivity index (χ2n) is 4.24. The molecule has 0 aliphatic carbocycles. The number of hydrogen-bond acceptors (Lipinski definition) is 6. The minimum Gasteiger partial charge on any atom is -0.466 e. The standard InChI is InChI=1S/C12H18N2O4S/c1-4-17-10(15)5-9-7-19-11(13-9)14-12(16)18-6-8(2)3/h7-8H,4-6H2,1-3H3,(H,13,14,16). The predicted molar refractivity (Wildman–Crippen MR) is 72.3 cm³/mol. The van der Waals surface area contributed by atoms with E-state index in [2.05, 4.69) is 10.3 Å². The quantitative estimate of drug-likeness (QED) is 0.813. The molecule has 0 aromatic carbocycles. The SMILES string of the molecule is CCOC(=O)Cc1csc(NC(=O)OCC(C)C)n1. The lowest BCUT2D eigenvalue weighted by Gasteiger charge is -2.06. The molecule has 0 radical (unpaired) electrons. The van der Waals surface area contributed by atoms with E-state index in [9.17, 15) is 9.59 Å². The Morgan fingerprint density at radius 3 is 2.79 bits per heavy atom. The van der Waals surface area contributed by atoms with Crippen molar-refractivity contribution in [2.24, 2.45) is 5.92 Å². The monoisotopic (exact) mass is 286 g/mol. The van der Waals surface area contributed by atoms with Crippen LogP contribution in [0.4, 0.5) is 9.93 Å². The van der Waals surface area contributed by atoms with Crippen LogP contribution in [0.15, 0.2) is 5.38 Å². The van der Waals surface area contributed by atoms with Gasteiger partial charge in [-0.3, -0.25) is 10.1 Å². The molecule has 1 amide bonds. The highest BCUT2D eigenvalue weighted by Gasteiger charge is 2.11. The lowest BCUT2D eigenvalue weighted by atomic mass is 10.2. The van der Waals surface area contributed by atoms with Crippen LogP contribution in [0.5, 0.6) is 0 Å². The second kappa shape index (κ2) is 7.73. The third-order valence-electron chi connectivity index (χ3n) is 1.94. The summed E-state index contributed by atoms with van der Waals surface area (Å²) in [5.41, 5.74) is 0.572. The van der Waals surface area contributed by atoms with Gasteiger partial charge >= 0.3 is 12.1 Å². The number of nitrogens with zero attached hydrogens (tertiary/aromatic N) is 1.